The summed E-state index contributed by atoms with van der Waals surface area (Å²) in [5.74, 6) is -0.140. The molecule has 0 aromatic rings. The molecule has 2 unspecified atom stereocenters. The third-order valence-corrected chi connectivity index (χ3v) is 4.21. The molecule has 0 N–H and O–H groups in total. The Kier molecular flexibility index (Phi) is 12.1. The highest BCUT2D eigenvalue weighted by atomic mass is 16.6. The van der Waals surface area contributed by atoms with E-state index in [4.69, 9.17) is 4.74 Å². The Hall–Kier alpha value is -1.35. The van der Waals surface area contributed by atoms with Gasteiger partial charge in [0.2, 0.25) is 0 Å². The minimum Gasteiger partial charge on any atom is -0.469 e. The lowest BCUT2D eigenvalue weighted by Gasteiger charge is -1.97. The summed E-state index contributed by atoms with van der Waals surface area (Å²) in [6, 6.07) is 0. The first-order valence-corrected chi connectivity index (χ1v) is 9.50. The smallest absolute Gasteiger partial charge is 0.305 e. The Labute approximate surface area is 147 Å². The van der Waals surface area contributed by atoms with Crippen molar-refractivity contribution in [1.29, 1.82) is 0 Å². The number of carbonyl (C=O) groups excluding carboxylic acids is 1. The van der Waals surface area contributed by atoms with Gasteiger partial charge in [0.1, 0.15) is 6.10 Å². The summed E-state index contributed by atoms with van der Waals surface area (Å²) in [6.07, 6.45) is 24.6. The molecule has 1 aliphatic heterocycles. The zero-order chi connectivity index (χ0) is 17.5. The van der Waals surface area contributed by atoms with Gasteiger partial charge in [0.15, 0.2) is 0 Å². The standard InChI is InChI=1S/C21H34O3/c1-3-4-5-6-7-8-9-10-11-12-13-14-16-19-20(24-19)17-15-18-21(22)23-2/h10-14,16,19-20H,3-9,15,17-18H2,1-2H3/b11-10+,13-12+,16-14+. The first-order chi connectivity index (χ1) is 11.8. The number of methoxy groups -OCH3 is 1. The molecule has 0 aliphatic carbocycles. The van der Waals surface area contributed by atoms with Crippen LogP contribution in [0.2, 0.25) is 0 Å². The maximum Gasteiger partial charge on any atom is 0.305 e. The maximum absolute atomic E-state index is 11.0. The minimum absolute atomic E-state index is 0.140. The molecule has 1 fully saturated rings. The van der Waals surface area contributed by atoms with Crippen LogP contribution >= 0.6 is 0 Å². The Morgan fingerprint density at radius 1 is 1.00 bits per heavy atom. The molecular weight excluding hydrogens is 300 g/mol. The van der Waals surface area contributed by atoms with Crippen molar-refractivity contribution < 1.29 is 14.3 Å². The summed E-state index contributed by atoms with van der Waals surface area (Å²) in [5.41, 5.74) is 0. The van der Waals surface area contributed by atoms with Crippen molar-refractivity contribution >= 4 is 5.97 Å². The SMILES string of the molecule is CCCCCCCC/C=C/C=C/C=C/C1OC1CCCC(=O)OC. The third-order valence-electron chi connectivity index (χ3n) is 4.21. The Morgan fingerprint density at radius 3 is 2.54 bits per heavy atom. The number of epoxide rings is 1. The number of ether oxygens (including phenoxy) is 2. The van der Waals surface area contributed by atoms with Crippen LogP contribution in [0.5, 0.6) is 0 Å². The van der Waals surface area contributed by atoms with Gasteiger partial charge in [-0.05, 0) is 25.7 Å². The highest BCUT2D eigenvalue weighted by molar-refractivity contribution is 5.68. The van der Waals surface area contributed by atoms with Crippen LogP contribution in [0.25, 0.3) is 0 Å². The van der Waals surface area contributed by atoms with Crippen molar-refractivity contribution in [2.45, 2.75) is 83.3 Å². The molecule has 1 heterocycles. The summed E-state index contributed by atoms with van der Waals surface area (Å²) in [7, 11) is 1.43. The van der Waals surface area contributed by atoms with E-state index in [1.54, 1.807) is 0 Å². The average Bonchev–Trinajstić information content (AvgIpc) is 3.34. The molecule has 0 aromatic heterocycles. The largest absolute Gasteiger partial charge is 0.469 e. The number of carbonyl (C=O) groups is 1. The van der Waals surface area contributed by atoms with Crippen LogP contribution in [0.15, 0.2) is 36.5 Å². The molecule has 2 atom stereocenters. The van der Waals surface area contributed by atoms with Crippen LogP contribution in [0, 0.1) is 0 Å². The molecule has 0 aromatic carbocycles. The molecule has 1 aliphatic rings. The first-order valence-electron chi connectivity index (χ1n) is 9.50. The first kappa shape index (κ1) is 20.7. The Balaban J connectivity index is 1.94. The molecule has 3 nitrogen and oxygen atoms in total. The second-order valence-corrected chi connectivity index (χ2v) is 6.36. The number of unbranched alkanes of at least 4 members (excludes halogenated alkanes) is 6. The molecule has 0 saturated carbocycles. The quantitative estimate of drug-likeness (QED) is 0.182. The number of rotatable bonds is 14. The van der Waals surface area contributed by atoms with Crippen LogP contribution in [-0.2, 0) is 14.3 Å². The maximum atomic E-state index is 11.0. The highest BCUT2D eigenvalue weighted by Crippen LogP contribution is 2.28. The molecule has 3 heteroatoms. The summed E-state index contributed by atoms with van der Waals surface area (Å²) >= 11 is 0. The van der Waals surface area contributed by atoms with Crippen LogP contribution in [0.4, 0.5) is 0 Å². The van der Waals surface area contributed by atoms with Crippen molar-refractivity contribution in [2.24, 2.45) is 0 Å². The van der Waals surface area contributed by atoms with Crippen molar-refractivity contribution in [3.63, 3.8) is 0 Å². The lowest BCUT2D eigenvalue weighted by Crippen LogP contribution is -2.01. The highest BCUT2D eigenvalue weighted by Gasteiger charge is 2.35. The number of hydrogen-bond acceptors (Lipinski definition) is 3. The van der Waals surface area contributed by atoms with Gasteiger partial charge < -0.3 is 9.47 Å². The van der Waals surface area contributed by atoms with Gasteiger partial charge in [0.25, 0.3) is 0 Å². The topological polar surface area (TPSA) is 38.8 Å². The summed E-state index contributed by atoms with van der Waals surface area (Å²) in [4.78, 5) is 11.0. The van der Waals surface area contributed by atoms with Crippen molar-refractivity contribution in [3.8, 4) is 0 Å². The molecule has 1 saturated heterocycles. The summed E-state index contributed by atoms with van der Waals surface area (Å²) in [6.45, 7) is 2.25. The lowest BCUT2D eigenvalue weighted by atomic mass is 10.1. The Morgan fingerprint density at radius 2 is 1.75 bits per heavy atom. The van der Waals surface area contributed by atoms with Crippen LogP contribution < -0.4 is 0 Å². The lowest BCUT2D eigenvalue weighted by molar-refractivity contribution is -0.140. The molecule has 1 rings (SSSR count). The number of esters is 1. The predicted octanol–water partition coefficient (Wildman–Crippen LogP) is 5.52. The van der Waals surface area contributed by atoms with Gasteiger partial charge in [-0.3, -0.25) is 4.79 Å². The van der Waals surface area contributed by atoms with E-state index in [9.17, 15) is 4.79 Å². The van der Waals surface area contributed by atoms with Gasteiger partial charge in [0, 0.05) is 6.42 Å². The number of allylic oxidation sites excluding steroid dienone is 5. The second kappa shape index (κ2) is 14.0. The van der Waals surface area contributed by atoms with Gasteiger partial charge in [0.05, 0.1) is 13.2 Å². The zero-order valence-corrected chi connectivity index (χ0v) is 15.4. The van der Waals surface area contributed by atoms with E-state index in [0.717, 1.165) is 12.8 Å². The van der Waals surface area contributed by atoms with Crippen LogP contribution in [0.1, 0.15) is 71.1 Å². The zero-order valence-electron chi connectivity index (χ0n) is 15.4. The van der Waals surface area contributed by atoms with Crippen molar-refractivity contribution in [3.05, 3.63) is 36.5 Å². The van der Waals surface area contributed by atoms with E-state index < -0.39 is 0 Å². The monoisotopic (exact) mass is 334 g/mol. The predicted molar refractivity (Wildman–Crippen MR) is 99.9 cm³/mol. The fraction of sp³-hybridized carbons (Fsp3) is 0.667. The van der Waals surface area contributed by atoms with Gasteiger partial charge in [-0.25, -0.2) is 0 Å². The van der Waals surface area contributed by atoms with E-state index in [0.29, 0.717) is 6.42 Å². The molecule has 24 heavy (non-hydrogen) atoms. The summed E-state index contributed by atoms with van der Waals surface area (Å²) in [5, 5.41) is 0. The average molecular weight is 335 g/mol. The molecular formula is C21H34O3. The fourth-order valence-electron chi connectivity index (χ4n) is 2.63. The molecule has 0 spiro atoms. The van der Waals surface area contributed by atoms with E-state index >= 15 is 0 Å². The second-order valence-electron chi connectivity index (χ2n) is 6.36. The van der Waals surface area contributed by atoms with Crippen LogP contribution in [0.3, 0.4) is 0 Å². The van der Waals surface area contributed by atoms with Gasteiger partial charge >= 0.3 is 5.97 Å². The molecule has 0 radical (unpaired) electrons. The fourth-order valence-corrected chi connectivity index (χ4v) is 2.63. The van der Waals surface area contributed by atoms with Gasteiger partial charge in [-0.2, -0.15) is 0 Å². The summed E-state index contributed by atoms with van der Waals surface area (Å²) < 4.78 is 10.2. The van der Waals surface area contributed by atoms with E-state index in [2.05, 4.69) is 36.0 Å². The third kappa shape index (κ3) is 11.2. The van der Waals surface area contributed by atoms with E-state index in [1.165, 1.54) is 52.1 Å². The molecule has 136 valence electrons. The van der Waals surface area contributed by atoms with E-state index in [1.807, 2.05) is 12.2 Å². The van der Waals surface area contributed by atoms with E-state index in [-0.39, 0.29) is 18.2 Å². The van der Waals surface area contributed by atoms with Crippen molar-refractivity contribution in [1.82, 2.24) is 0 Å². The van der Waals surface area contributed by atoms with Crippen molar-refractivity contribution in [2.75, 3.05) is 7.11 Å². The minimum atomic E-state index is -0.140. The molecule has 0 bridgehead atoms. The number of hydrogen-bond donors (Lipinski definition) is 0. The molecule has 0 amide bonds. The Bertz CT molecular complexity index is 409. The van der Waals surface area contributed by atoms with Gasteiger partial charge in [-0.15, -0.1) is 0 Å². The normalized spacial score (nSPS) is 20.4. The van der Waals surface area contributed by atoms with Crippen LogP contribution in [-0.4, -0.2) is 25.3 Å². The van der Waals surface area contributed by atoms with Gasteiger partial charge in [-0.1, -0.05) is 75.5 Å².